The summed E-state index contributed by atoms with van der Waals surface area (Å²) < 4.78 is 28.0. The molecule has 0 radical (unpaired) electrons. The Bertz CT molecular complexity index is 1960. The fraction of sp³-hybridized carbons (Fsp3) is 0.476. The first-order valence-electron chi connectivity index (χ1n) is 19.0. The fourth-order valence-corrected chi connectivity index (χ4v) is 7.70. The van der Waals surface area contributed by atoms with Crippen LogP contribution in [0.2, 0.25) is 0 Å². The molecule has 288 valence electrons. The number of halogens is 1. The topological polar surface area (TPSA) is 111 Å². The Morgan fingerprint density at radius 2 is 1.76 bits per heavy atom. The Kier molecular flexibility index (Phi) is 11.2. The molecule has 12 heteroatoms. The SMILES string of the molecule is Cc1nn(COCCS(C)(C)C)c(C)c1-c1ccc(NC(=O)C(CCCCc2ccc(-c3ccnc(N4CC5OCC54)c3)cc2)NC(=O)C2(F)CC2)cc1. The van der Waals surface area contributed by atoms with E-state index in [0.717, 1.165) is 71.2 Å². The molecule has 2 amide bonds. The van der Waals surface area contributed by atoms with Gasteiger partial charge in [0.2, 0.25) is 5.91 Å². The molecule has 10 nitrogen and oxygen atoms in total. The number of anilines is 2. The van der Waals surface area contributed by atoms with Crippen LogP contribution in [0.4, 0.5) is 15.9 Å². The Labute approximate surface area is 319 Å². The lowest BCUT2D eigenvalue weighted by atomic mass is 9.94. The molecule has 3 fully saturated rings. The molecule has 1 saturated carbocycles. The van der Waals surface area contributed by atoms with Gasteiger partial charge in [-0.2, -0.15) is 5.10 Å². The van der Waals surface area contributed by atoms with Gasteiger partial charge in [0.05, 0.1) is 31.1 Å². The number of morpholine rings is 1. The predicted octanol–water partition coefficient (Wildman–Crippen LogP) is 6.82. The maximum absolute atomic E-state index is 14.7. The minimum absolute atomic E-state index is 0.193. The summed E-state index contributed by atoms with van der Waals surface area (Å²) in [5.74, 6) is 0.988. The largest absolute Gasteiger partial charge is 0.372 e. The molecular weight excluding hydrogens is 704 g/mol. The van der Waals surface area contributed by atoms with Crippen molar-refractivity contribution in [3.05, 3.63) is 83.8 Å². The Balaban J connectivity index is 0.923. The number of fused-ring (bicyclic) bond motifs is 1. The smallest absolute Gasteiger partial charge is 0.258 e. The minimum Gasteiger partial charge on any atom is -0.372 e. The third kappa shape index (κ3) is 8.82. The van der Waals surface area contributed by atoms with Crippen molar-refractivity contribution in [3.8, 4) is 22.3 Å². The molecule has 1 aliphatic carbocycles. The van der Waals surface area contributed by atoms with Gasteiger partial charge in [0.25, 0.3) is 5.91 Å². The van der Waals surface area contributed by atoms with E-state index in [1.54, 1.807) is 0 Å². The van der Waals surface area contributed by atoms with Crippen LogP contribution in [0, 0.1) is 13.8 Å². The van der Waals surface area contributed by atoms with Crippen LogP contribution in [0.3, 0.4) is 0 Å². The number of nitrogens with zero attached hydrogens (tertiary/aromatic N) is 4. The molecule has 2 aliphatic heterocycles. The van der Waals surface area contributed by atoms with E-state index >= 15 is 0 Å². The van der Waals surface area contributed by atoms with Gasteiger partial charge in [-0.05, 0) is 111 Å². The van der Waals surface area contributed by atoms with Crippen molar-refractivity contribution in [1.29, 1.82) is 0 Å². The number of aromatic nitrogens is 3. The van der Waals surface area contributed by atoms with Crippen molar-refractivity contribution in [1.82, 2.24) is 20.1 Å². The normalized spacial score (nSPS) is 19.3. The number of amides is 2. The average molecular weight is 757 g/mol. The average Bonchev–Trinajstić information content (AvgIpc) is 3.83. The summed E-state index contributed by atoms with van der Waals surface area (Å²) in [5, 5.41) is 10.4. The molecule has 0 spiro atoms. The van der Waals surface area contributed by atoms with Crippen LogP contribution in [-0.4, -0.2) is 94.7 Å². The maximum atomic E-state index is 14.7. The van der Waals surface area contributed by atoms with E-state index in [1.807, 2.05) is 55.1 Å². The number of carbonyl (C=O) groups excluding carboxylic acids is 2. The fourth-order valence-electron chi connectivity index (χ4n) is 7.08. The van der Waals surface area contributed by atoms with Gasteiger partial charge in [0, 0.05) is 35.4 Å². The minimum atomic E-state index is -1.86. The zero-order valence-corrected chi connectivity index (χ0v) is 32.9. The highest BCUT2D eigenvalue weighted by molar-refractivity contribution is 8.32. The van der Waals surface area contributed by atoms with Crippen molar-refractivity contribution in [2.45, 2.75) is 83.0 Å². The van der Waals surface area contributed by atoms with Gasteiger partial charge in [-0.1, -0.05) is 42.8 Å². The number of aryl methyl sites for hydroxylation is 2. The van der Waals surface area contributed by atoms with Crippen LogP contribution in [-0.2, 0) is 32.2 Å². The predicted molar refractivity (Wildman–Crippen MR) is 215 cm³/mol. The molecule has 3 atom stereocenters. The standard InChI is InChI=1S/C42H53FN6O4S/c1-28-39(29(2)49(47-28)27-52-22-23-54(3,4)5)32-14-16-34(17-15-32)45-40(50)35(46-41(51)42(43)19-20-42)9-7-6-8-30-10-12-31(13-11-30)33-18-21-44-38(24-33)48-25-37-36(48)26-53-37/h10-18,21,24,35-37H,6-9,19-20,22-23,25-27H2,1-5H3,(H,45,50)(H,46,51). The summed E-state index contributed by atoms with van der Waals surface area (Å²) in [6.07, 6.45) is 12.2. The summed E-state index contributed by atoms with van der Waals surface area (Å²) in [4.78, 5) is 33.1. The van der Waals surface area contributed by atoms with E-state index in [0.29, 0.717) is 44.0 Å². The van der Waals surface area contributed by atoms with E-state index in [2.05, 4.69) is 69.6 Å². The molecule has 2 N–H and O–H groups in total. The van der Waals surface area contributed by atoms with E-state index in [1.165, 1.54) is 5.56 Å². The van der Waals surface area contributed by atoms with Crippen molar-refractivity contribution in [2.75, 3.05) is 54.5 Å². The van der Waals surface area contributed by atoms with E-state index in [-0.39, 0.29) is 18.7 Å². The molecule has 4 heterocycles. The van der Waals surface area contributed by atoms with Gasteiger partial charge >= 0.3 is 0 Å². The summed E-state index contributed by atoms with van der Waals surface area (Å²) >= 11 is 0. The lowest BCUT2D eigenvalue weighted by Crippen LogP contribution is -2.71. The van der Waals surface area contributed by atoms with Crippen LogP contribution in [0.5, 0.6) is 0 Å². The van der Waals surface area contributed by atoms with Crippen molar-refractivity contribution >= 4 is 33.3 Å². The molecule has 54 heavy (non-hydrogen) atoms. The number of benzene rings is 2. The Morgan fingerprint density at radius 3 is 2.41 bits per heavy atom. The second-order valence-corrected chi connectivity index (χ2v) is 20.5. The number of rotatable bonds is 17. The second-order valence-electron chi connectivity index (χ2n) is 15.9. The van der Waals surface area contributed by atoms with Crippen molar-refractivity contribution in [3.63, 3.8) is 0 Å². The molecule has 4 aromatic rings. The quantitative estimate of drug-likeness (QED) is 0.114. The molecule has 3 aliphatic rings. The van der Waals surface area contributed by atoms with Crippen LogP contribution in [0.25, 0.3) is 22.3 Å². The first-order chi connectivity index (χ1) is 25.9. The zero-order chi connectivity index (χ0) is 38.0. The van der Waals surface area contributed by atoms with Gasteiger partial charge in [0.1, 0.15) is 18.6 Å². The lowest BCUT2D eigenvalue weighted by molar-refractivity contribution is -0.131. The first-order valence-corrected chi connectivity index (χ1v) is 22.0. The van der Waals surface area contributed by atoms with E-state index < -0.39 is 27.6 Å². The number of ether oxygens (including phenoxy) is 2. The third-order valence-corrected chi connectivity index (χ3v) is 12.2. The third-order valence-electron chi connectivity index (χ3n) is 10.8. The molecule has 3 unspecified atom stereocenters. The van der Waals surface area contributed by atoms with Gasteiger partial charge in [-0.25, -0.2) is 24.1 Å². The van der Waals surface area contributed by atoms with Crippen LogP contribution in [0.1, 0.15) is 49.1 Å². The summed E-state index contributed by atoms with van der Waals surface area (Å²) in [7, 11) is -0.618. The van der Waals surface area contributed by atoms with E-state index in [9.17, 15) is 14.0 Å². The summed E-state index contributed by atoms with van der Waals surface area (Å²) in [6.45, 7) is 6.80. The van der Waals surface area contributed by atoms with Crippen LogP contribution < -0.4 is 15.5 Å². The molecule has 0 bridgehead atoms. The van der Waals surface area contributed by atoms with E-state index in [4.69, 9.17) is 14.6 Å². The zero-order valence-electron chi connectivity index (χ0n) is 32.1. The van der Waals surface area contributed by atoms with Gasteiger partial charge in [-0.15, -0.1) is 0 Å². The summed E-state index contributed by atoms with van der Waals surface area (Å²) in [5.41, 5.74) is 6.14. The number of pyridine rings is 1. The number of unbranched alkanes of at least 4 members (excludes halogenated alkanes) is 1. The lowest BCUT2D eigenvalue weighted by Gasteiger charge is -2.55. The second kappa shape index (κ2) is 15.8. The highest BCUT2D eigenvalue weighted by atomic mass is 32.3. The van der Waals surface area contributed by atoms with Crippen molar-refractivity contribution in [2.24, 2.45) is 0 Å². The van der Waals surface area contributed by atoms with Gasteiger partial charge in [0.15, 0.2) is 5.67 Å². The number of hydrogen-bond acceptors (Lipinski definition) is 7. The number of alkyl halides is 1. The number of hydrogen-bond donors (Lipinski definition) is 2. The van der Waals surface area contributed by atoms with Gasteiger partial charge < -0.3 is 25.0 Å². The number of nitrogens with one attached hydrogen (secondary N) is 2. The monoisotopic (exact) mass is 756 g/mol. The maximum Gasteiger partial charge on any atom is 0.258 e. The Morgan fingerprint density at radius 1 is 1.02 bits per heavy atom. The highest BCUT2D eigenvalue weighted by Crippen LogP contribution is 2.40. The molecule has 2 aromatic carbocycles. The number of carbonyl (C=O) groups is 2. The molecule has 2 saturated heterocycles. The molecule has 2 aromatic heterocycles. The van der Waals surface area contributed by atoms with Gasteiger partial charge in [-0.3, -0.25) is 9.59 Å². The first kappa shape index (κ1) is 38.0. The molecule has 7 rings (SSSR count). The highest BCUT2D eigenvalue weighted by Gasteiger charge is 2.51. The van der Waals surface area contributed by atoms with Crippen LogP contribution in [0.15, 0.2) is 66.9 Å². The van der Waals surface area contributed by atoms with Crippen LogP contribution >= 0.6 is 10.0 Å². The summed E-state index contributed by atoms with van der Waals surface area (Å²) in [6, 6.07) is 20.0. The van der Waals surface area contributed by atoms with Crippen molar-refractivity contribution < 1.29 is 23.5 Å². The molecular formula is C42H53FN6O4S. The Hall–Kier alpha value is -4.26.